The largest absolute Gasteiger partial charge is 0.354 e. The van der Waals surface area contributed by atoms with Gasteiger partial charge in [0.15, 0.2) is 0 Å². The molecule has 0 fully saturated rings. The standard InChI is InChI=1S/C20H19N3O/c1-14-8-9-15(2)19(10-14)23-20(24)16-11-18(13-21-12-16)22-17-6-4-3-5-7-17/h3-13,22H,1-2H3,(H,23,24). The molecule has 0 aliphatic heterocycles. The van der Waals surface area contributed by atoms with Crippen LogP contribution in [0, 0.1) is 13.8 Å². The first kappa shape index (κ1) is 15.7. The van der Waals surface area contributed by atoms with Crippen molar-refractivity contribution in [3.63, 3.8) is 0 Å². The topological polar surface area (TPSA) is 54.0 Å². The van der Waals surface area contributed by atoms with Crippen LogP contribution in [0.4, 0.5) is 17.1 Å². The van der Waals surface area contributed by atoms with Crippen LogP contribution in [0.1, 0.15) is 21.5 Å². The SMILES string of the molecule is Cc1ccc(C)c(NC(=O)c2cncc(Nc3ccccc3)c2)c1. The third kappa shape index (κ3) is 3.79. The summed E-state index contributed by atoms with van der Waals surface area (Å²) < 4.78 is 0. The van der Waals surface area contributed by atoms with Gasteiger partial charge in [-0.05, 0) is 49.2 Å². The summed E-state index contributed by atoms with van der Waals surface area (Å²) >= 11 is 0. The Bertz CT molecular complexity index is 860. The molecule has 0 aliphatic carbocycles. The molecule has 0 bridgehead atoms. The van der Waals surface area contributed by atoms with Gasteiger partial charge >= 0.3 is 0 Å². The first-order valence-electron chi connectivity index (χ1n) is 7.77. The molecule has 3 aromatic rings. The van der Waals surface area contributed by atoms with Gasteiger partial charge < -0.3 is 10.6 Å². The van der Waals surface area contributed by atoms with Crippen molar-refractivity contribution in [3.05, 3.63) is 83.7 Å². The lowest BCUT2D eigenvalue weighted by Crippen LogP contribution is -2.13. The third-order valence-corrected chi connectivity index (χ3v) is 3.70. The summed E-state index contributed by atoms with van der Waals surface area (Å²) in [5.74, 6) is -0.173. The van der Waals surface area contributed by atoms with Crippen LogP contribution >= 0.6 is 0 Å². The Hall–Kier alpha value is -3.14. The Labute approximate surface area is 141 Å². The van der Waals surface area contributed by atoms with Crippen LogP contribution in [0.15, 0.2) is 67.0 Å². The van der Waals surface area contributed by atoms with Gasteiger partial charge in [-0.2, -0.15) is 0 Å². The van der Waals surface area contributed by atoms with E-state index >= 15 is 0 Å². The van der Waals surface area contributed by atoms with Crippen LogP contribution in [0.25, 0.3) is 0 Å². The molecule has 0 aliphatic rings. The lowest BCUT2D eigenvalue weighted by Gasteiger charge is -2.11. The van der Waals surface area contributed by atoms with Crippen LogP contribution in [0.5, 0.6) is 0 Å². The number of hydrogen-bond donors (Lipinski definition) is 2. The summed E-state index contributed by atoms with van der Waals surface area (Å²) in [6.07, 6.45) is 3.26. The number of benzene rings is 2. The number of carbonyl (C=O) groups excluding carboxylic acids is 1. The van der Waals surface area contributed by atoms with Crippen LogP contribution in [-0.2, 0) is 0 Å². The van der Waals surface area contributed by atoms with Crippen molar-refractivity contribution in [2.45, 2.75) is 13.8 Å². The number of aryl methyl sites for hydroxylation is 2. The molecular formula is C20H19N3O. The molecule has 24 heavy (non-hydrogen) atoms. The molecule has 0 unspecified atom stereocenters. The van der Waals surface area contributed by atoms with Gasteiger partial charge in [0, 0.05) is 17.6 Å². The van der Waals surface area contributed by atoms with Crippen LogP contribution < -0.4 is 10.6 Å². The number of para-hydroxylation sites is 1. The number of carbonyl (C=O) groups is 1. The molecule has 1 heterocycles. The number of anilines is 3. The summed E-state index contributed by atoms with van der Waals surface area (Å²) in [6, 6.07) is 17.6. The Balaban J connectivity index is 1.78. The van der Waals surface area contributed by atoms with Crippen molar-refractivity contribution in [2.24, 2.45) is 0 Å². The van der Waals surface area contributed by atoms with Crippen LogP contribution in [0.3, 0.4) is 0 Å². The average molecular weight is 317 g/mol. The Morgan fingerprint density at radius 3 is 2.50 bits per heavy atom. The number of nitrogens with one attached hydrogen (secondary N) is 2. The van der Waals surface area contributed by atoms with Crippen molar-refractivity contribution in [1.29, 1.82) is 0 Å². The van der Waals surface area contributed by atoms with Crippen molar-refractivity contribution in [2.75, 3.05) is 10.6 Å². The first-order valence-corrected chi connectivity index (χ1v) is 7.77. The lowest BCUT2D eigenvalue weighted by atomic mass is 10.1. The second-order valence-corrected chi connectivity index (χ2v) is 5.73. The van der Waals surface area contributed by atoms with E-state index in [2.05, 4.69) is 15.6 Å². The second kappa shape index (κ2) is 6.96. The van der Waals surface area contributed by atoms with E-state index in [1.165, 1.54) is 0 Å². The van der Waals surface area contributed by atoms with Crippen molar-refractivity contribution < 1.29 is 4.79 Å². The molecule has 2 N–H and O–H groups in total. The van der Waals surface area contributed by atoms with Crippen LogP contribution in [-0.4, -0.2) is 10.9 Å². The average Bonchev–Trinajstić information content (AvgIpc) is 2.59. The predicted octanol–water partition coefficient (Wildman–Crippen LogP) is 4.69. The fraction of sp³-hybridized carbons (Fsp3) is 0.100. The van der Waals surface area contributed by atoms with E-state index in [-0.39, 0.29) is 5.91 Å². The number of rotatable bonds is 4. The van der Waals surface area contributed by atoms with Crippen molar-refractivity contribution in [3.8, 4) is 0 Å². The molecule has 1 aromatic heterocycles. The third-order valence-electron chi connectivity index (χ3n) is 3.70. The number of amides is 1. The van der Waals surface area contributed by atoms with Gasteiger partial charge in [0.2, 0.25) is 0 Å². The molecule has 0 atom stereocenters. The van der Waals surface area contributed by atoms with Crippen molar-refractivity contribution in [1.82, 2.24) is 4.98 Å². The van der Waals surface area contributed by atoms with E-state index in [0.29, 0.717) is 5.56 Å². The van der Waals surface area contributed by atoms with E-state index in [1.807, 2.05) is 62.4 Å². The maximum atomic E-state index is 12.5. The van der Waals surface area contributed by atoms with Gasteiger partial charge in [-0.25, -0.2) is 0 Å². The zero-order valence-electron chi connectivity index (χ0n) is 13.7. The summed E-state index contributed by atoms with van der Waals surface area (Å²) in [5.41, 5.74) is 5.19. The van der Waals surface area contributed by atoms with Gasteiger partial charge in [-0.1, -0.05) is 30.3 Å². The fourth-order valence-corrected chi connectivity index (χ4v) is 2.39. The molecule has 120 valence electrons. The highest BCUT2D eigenvalue weighted by Gasteiger charge is 2.09. The Kier molecular flexibility index (Phi) is 4.57. The zero-order chi connectivity index (χ0) is 16.9. The fourth-order valence-electron chi connectivity index (χ4n) is 2.39. The minimum absolute atomic E-state index is 0.173. The Morgan fingerprint density at radius 1 is 0.917 bits per heavy atom. The summed E-state index contributed by atoms with van der Waals surface area (Å²) in [4.78, 5) is 16.7. The minimum atomic E-state index is -0.173. The van der Waals surface area contributed by atoms with Gasteiger partial charge in [-0.3, -0.25) is 9.78 Å². The molecule has 1 amide bonds. The molecule has 2 aromatic carbocycles. The normalized spacial score (nSPS) is 10.2. The van der Waals surface area contributed by atoms with Gasteiger partial charge in [-0.15, -0.1) is 0 Å². The highest BCUT2D eigenvalue weighted by atomic mass is 16.1. The van der Waals surface area contributed by atoms with Gasteiger partial charge in [0.05, 0.1) is 17.4 Å². The highest BCUT2D eigenvalue weighted by molar-refractivity contribution is 6.05. The summed E-state index contributed by atoms with van der Waals surface area (Å²) in [6.45, 7) is 3.97. The Morgan fingerprint density at radius 2 is 1.71 bits per heavy atom. The molecule has 4 heteroatoms. The van der Waals surface area contributed by atoms with E-state index in [0.717, 1.165) is 28.2 Å². The number of pyridine rings is 1. The van der Waals surface area contributed by atoms with Crippen molar-refractivity contribution >= 4 is 23.0 Å². The number of hydrogen-bond acceptors (Lipinski definition) is 3. The minimum Gasteiger partial charge on any atom is -0.354 e. The van der Waals surface area contributed by atoms with Gasteiger partial charge in [0.25, 0.3) is 5.91 Å². The summed E-state index contributed by atoms with van der Waals surface area (Å²) in [5, 5.41) is 6.19. The number of nitrogens with zero attached hydrogens (tertiary/aromatic N) is 1. The molecule has 0 radical (unpaired) electrons. The molecule has 3 rings (SSSR count). The predicted molar refractivity (Wildman–Crippen MR) is 97.8 cm³/mol. The van der Waals surface area contributed by atoms with E-state index in [9.17, 15) is 4.79 Å². The summed E-state index contributed by atoms with van der Waals surface area (Å²) in [7, 11) is 0. The maximum Gasteiger partial charge on any atom is 0.257 e. The van der Waals surface area contributed by atoms with Gasteiger partial charge in [0.1, 0.15) is 0 Å². The molecule has 4 nitrogen and oxygen atoms in total. The molecular weight excluding hydrogens is 298 g/mol. The molecule has 0 saturated carbocycles. The molecule has 0 spiro atoms. The van der Waals surface area contributed by atoms with E-state index < -0.39 is 0 Å². The number of aromatic nitrogens is 1. The second-order valence-electron chi connectivity index (χ2n) is 5.73. The van der Waals surface area contributed by atoms with E-state index in [1.54, 1.807) is 18.5 Å². The highest BCUT2D eigenvalue weighted by Crippen LogP contribution is 2.19. The smallest absolute Gasteiger partial charge is 0.257 e. The zero-order valence-corrected chi connectivity index (χ0v) is 13.7. The molecule has 0 saturated heterocycles. The van der Waals surface area contributed by atoms with Crippen LogP contribution in [0.2, 0.25) is 0 Å². The monoisotopic (exact) mass is 317 g/mol. The lowest BCUT2D eigenvalue weighted by molar-refractivity contribution is 0.102. The van der Waals surface area contributed by atoms with E-state index in [4.69, 9.17) is 0 Å². The maximum absolute atomic E-state index is 12.5. The quantitative estimate of drug-likeness (QED) is 0.733. The first-order chi connectivity index (χ1) is 11.6.